The van der Waals surface area contributed by atoms with E-state index in [0.29, 0.717) is 24.8 Å². The van der Waals surface area contributed by atoms with Crippen LogP contribution in [-0.2, 0) is 4.79 Å². The van der Waals surface area contributed by atoms with Gasteiger partial charge in [-0.05, 0) is 18.3 Å². The van der Waals surface area contributed by atoms with Crippen LogP contribution in [-0.4, -0.2) is 22.7 Å². The van der Waals surface area contributed by atoms with E-state index in [0.717, 1.165) is 11.5 Å². The predicted octanol–water partition coefficient (Wildman–Crippen LogP) is 1.27. The summed E-state index contributed by atoms with van der Waals surface area (Å²) in [6, 6.07) is 0. The molecule has 0 radical (unpaired) electrons. The van der Waals surface area contributed by atoms with E-state index in [1.807, 2.05) is 0 Å². The summed E-state index contributed by atoms with van der Waals surface area (Å²) in [4.78, 5) is 10.8. The fourth-order valence-electron chi connectivity index (χ4n) is 1.59. The van der Waals surface area contributed by atoms with Gasteiger partial charge in [0.1, 0.15) is 0 Å². The summed E-state index contributed by atoms with van der Waals surface area (Å²) in [5, 5.41) is 9.81. The van der Waals surface area contributed by atoms with Crippen molar-refractivity contribution in [3.8, 4) is 0 Å². The molecule has 1 heterocycles. The topological polar surface area (TPSA) is 40.5 Å². The van der Waals surface area contributed by atoms with Crippen LogP contribution in [0.25, 0.3) is 0 Å². The Bertz CT molecular complexity index is 156. The second-order valence-electron chi connectivity index (χ2n) is 3.68. The van der Waals surface area contributed by atoms with Gasteiger partial charge in [-0.3, -0.25) is 10.0 Å². The van der Waals surface area contributed by atoms with E-state index in [1.165, 1.54) is 0 Å². The van der Waals surface area contributed by atoms with Crippen LogP contribution in [0, 0.1) is 11.8 Å². The summed E-state index contributed by atoms with van der Waals surface area (Å²) >= 11 is 0. The molecule has 0 bridgehead atoms. The molecule has 0 aliphatic carbocycles. The first-order chi connectivity index (χ1) is 5.09. The maximum Gasteiger partial charge on any atom is 0.246 e. The lowest BCUT2D eigenvalue weighted by Gasteiger charge is -2.10. The molecule has 1 aliphatic rings. The molecule has 0 saturated carbocycles. The van der Waals surface area contributed by atoms with E-state index in [4.69, 9.17) is 5.21 Å². The SMILES string of the molecule is CC(C)C[C@H]1CC(=O)N(O)C1. The number of carbonyl (C=O) groups is 1. The minimum Gasteiger partial charge on any atom is -0.286 e. The molecule has 64 valence electrons. The van der Waals surface area contributed by atoms with E-state index >= 15 is 0 Å². The third kappa shape index (κ3) is 2.19. The minimum atomic E-state index is -0.129. The molecular weight excluding hydrogens is 142 g/mol. The number of hydrogen-bond donors (Lipinski definition) is 1. The minimum absolute atomic E-state index is 0.129. The number of hydroxylamine groups is 2. The molecule has 3 nitrogen and oxygen atoms in total. The molecule has 3 heteroatoms. The molecule has 11 heavy (non-hydrogen) atoms. The molecule has 1 atom stereocenters. The van der Waals surface area contributed by atoms with Crippen LogP contribution in [0.4, 0.5) is 0 Å². The fourth-order valence-corrected chi connectivity index (χ4v) is 1.59. The second-order valence-corrected chi connectivity index (χ2v) is 3.68. The van der Waals surface area contributed by atoms with Crippen molar-refractivity contribution in [3.63, 3.8) is 0 Å². The Labute approximate surface area is 67.0 Å². The van der Waals surface area contributed by atoms with E-state index < -0.39 is 0 Å². The van der Waals surface area contributed by atoms with Crippen molar-refractivity contribution < 1.29 is 10.0 Å². The zero-order valence-electron chi connectivity index (χ0n) is 7.08. The van der Waals surface area contributed by atoms with Crippen LogP contribution >= 0.6 is 0 Å². The van der Waals surface area contributed by atoms with Gasteiger partial charge in [0, 0.05) is 6.42 Å². The molecular formula is C8H15NO2. The zero-order chi connectivity index (χ0) is 8.43. The first-order valence-corrected chi connectivity index (χ1v) is 4.09. The van der Waals surface area contributed by atoms with Crippen molar-refractivity contribution in [1.29, 1.82) is 0 Å². The van der Waals surface area contributed by atoms with Gasteiger partial charge in [-0.15, -0.1) is 0 Å². The Balaban J connectivity index is 2.35. The third-order valence-electron chi connectivity index (χ3n) is 1.99. The van der Waals surface area contributed by atoms with Crippen molar-refractivity contribution in [1.82, 2.24) is 5.06 Å². The summed E-state index contributed by atoms with van der Waals surface area (Å²) in [6.07, 6.45) is 1.55. The van der Waals surface area contributed by atoms with Gasteiger partial charge in [0.05, 0.1) is 6.54 Å². The highest BCUT2D eigenvalue weighted by atomic mass is 16.5. The van der Waals surface area contributed by atoms with Crippen LogP contribution in [0.2, 0.25) is 0 Å². The van der Waals surface area contributed by atoms with E-state index in [2.05, 4.69) is 13.8 Å². The van der Waals surface area contributed by atoms with Crippen LogP contribution in [0.5, 0.6) is 0 Å². The van der Waals surface area contributed by atoms with E-state index in [9.17, 15) is 4.79 Å². The second kappa shape index (κ2) is 3.22. The monoisotopic (exact) mass is 157 g/mol. The third-order valence-corrected chi connectivity index (χ3v) is 1.99. The number of carbonyl (C=O) groups excluding carboxylic acids is 1. The Morgan fingerprint density at radius 3 is 2.73 bits per heavy atom. The lowest BCUT2D eigenvalue weighted by Crippen LogP contribution is -2.20. The maximum atomic E-state index is 10.8. The van der Waals surface area contributed by atoms with Crippen molar-refractivity contribution in [3.05, 3.63) is 0 Å². The standard InChI is InChI=1S/C8H15NO2/c1-6(2)3-7-4-8(10)9(11)5-7/h6-7,11H,3-5H2,1-2H3/t7-/m0/s1. The summed E-state index contributed by atoms with van der Waals surface area (Å²) in [7, 11) is 0. The van der Waals surface area contributed by atoms with Crippen LogP contribution in [0.3, 0.4) is 0 Å². The number of hydrogen-bond acceptors (Lipinski definition) is 2. The van der Waals surface area contributed by atoms with Gasteiger partial charge in [-0.25, -0.2) is 5.06 Å². The van der Waals surface area contributed by atoms with Gasteiger partial charge in [0.15, 0.2) is 0 Å². The lowest BCUT2D eigenvalue weighted by molar-refractivity contribution is -0.157. The van der Waals surface area contributed by atoms with Crippen molar-refractivity contribution >= 4 is 5.91 Å². The number of rotatable bonds is 2. The highest BCUT2D eigenvalue weighted by Gasteiger charge is 2.28. The Morgan fingerprint density at radius 1 is 1.73 bits per heavy atom. The van der Waals surface area contributed by atoms with Gasteiger partial charge < -0.3 is 0 Å². The molecule has 1 amide bonds. The van der Waals surface area contributed by atoms with E-state index in [-0.39, 0.29) is 5.91 Å². The Hall–Kier alpha value is -0.570. The van der Waals surface area contributed by atoms with Crippen LogP contribution in [0.15, 0.2) is 0 Å². The fraction of sp³-hybridized carbons (Fsp3) is 0.875. The smallest absolute Gasteiger partial charge is 0.246 e. The molecule has 1 N–H and O–H groups in total. The molecule has 1 saturated heterocycles. The average Bonchev–Trinajstić information content (AvgIpc) is 2.10. The van der Waals surface area contributed by atoms with Gasteiger partial charge in [0.25, 0.3) is 0 Å². The summed E-state index contributed by atoms with van der Waals surface area (Å²) in [6.45, 7) is 4.78. The first-order valence-electron chi connectivity index (χ1n) is 4.09. The zero-order valence-corrected chi connectivity index (χ0v) is 7.08. The highest BCUT2D eigenvalue weighted by molar-refractivity contribution is 5.77. The Morgan fingerprint density at radius 2 is 2.36 bits per heavy atom. The van der Waals surface area contributed by atoms with Crippen LogP contribution in [0.1, 0.15) is 26.7 Å². The molecule has 0 aromatic carbocycles. The number of amides is 1. The first kappa shape index (κ1) is 8.53. The van der Waals surface area contributed by atoms with Gasteiger partial charge >= 0.3 is 0 Å². The van der Waals surface area contributed by atoms with Crippen molar-refractivity contribution in [2.24, 2.45) is 11.8 Å². The maximum absolute atomic E-state index is 10.8. The van der Waals surface area contributed by atoms with Crippen molar-refractivity contribution in [2.75, 3.05) is 6.54 Å². The molecule has 0 aromatic heterocycles. The average molecular weight is 157 g/mol. The lowest BCUT2D eigenvalue weighted by atomic mass is 9.97. The summed E-state index contributed by atoms with van der Waals surface area (Å²) < 4.78 is 0. The highest BCUT2D eigenvalue weighted by Crippen LogP contribution is 2.22. The summed E-state index contributed by atoms with van der Waals surface area (Å²) in [5.74, 6) is 0.849. The molecule has 1 fully saturated rings. The van der Waals surface area contributed by atoms with E-state index in [1.54, 1.807) is 0 Å². The number of nitrogens with zero attached hydrogens (tertiary/aromatic N) is 1. The molecule has 0 spiro atoms. The van der Waals surface area contributed by atoms with Gasteiger partial charge in [0.2, 0.25) is 5.91 Å². The van der Waals surface area contributed by atoms with Crippen LogP contribution < -0.4 is 0 Å². The van der Waals surface area contributed by atoms with Crippen molar-refractivity contribution in [2.45, 2.75) is 26.7 Å². The van der Waals surface area contributed by atoms with Gasteiger partial charge in [-0.1, -0.05) is 13.8 Å². The largest absolute Gasteiger partial charge is 0.286 e. The molecule has 0 unspecified atom stereocenters. The molecule has 1 aliphatic heterocycles. The molecule has 1 rings (SSSR count). The van der Waals surface area contributed by atoms with Gasteiger partial charge in [-0.2, -0.15) is 0 Å². The Kier molecular flexibility index (Phi) is 2.49. The molecule has 0 aromatic rings. The summed E-state index contributed by atoms with van der Waals surface area (Å²) in [5.41, 5.74) is 0. The normalized spacial score (nSPS) is 25.3. The predicted molar refractivity (Wildman–Crippen MR) is 41.1 cm³/mol. The quantitative estimate of drug-likeness (QED) is 0.613.